The number of hydrogen-bond donors (Lipinski definition) is 2. The number of nitrogens with one attached hydrogen (secondary N) is 2. The van der Waals surface area contributed by atoms with Gasteiger partial charge in [-0.2, -0.15) is 5.10 Å². The van der Waals surface area contributed by atoms with Gasteiger partial charge in [0.15, 0.2) is 0 Å². The van der Waals surface area contributed by atoms with Crippen molar-refractivity contribution in [1.82, 2.24) is 29.9 Å². The van der Waals surface area contributed by atoms with Gasteiger partial charge in [-0.25, -0.2) is 9.78 Å². The average Bonchev–Trinajstić information content (AvgIpc) is 3.48. The van der Waals surface area contributed by atoms with Crippen molar-refractivity contribution in [2.45, 2.75) is 44.0 Å². The molecule has 6 rings (SSSR count). The van der Waals surface area contributed by atoms with Crippen molar-refractivity contribution < 1.29 is 27.8 Å². The number of likely N-dealkylation sites (tertiary alicyclic amines) is 2. The molecule has 3 fully saturated rings. The Morgan fingerprint density at radius 3 is 2.26 bits per heavy atom. The Morgan fingerprint density at radius 1 is 0.978 bits per heavy atom. The van der Waals surface area contributed by atoms with Crippen molar-refractivity contribution in [3.8, 4) is 17.0 Å². The van der Waals surface area contributed by atoms with Gasteiger partial charge in [-0.1, -0.05) is 0 Å². The molecule has 12 nitrogen and oxygen atoms in total. The van der Waals surface area contributed by atoms with Gasteiger partial charge in [-0.05, 0) is 57.2 Å². The Balaban J connectivity index is 1.03. The molecule has 0 aliphatic carbocycles. The van der Waals surface area contributed by atoms with Gasteiger partial charge in [0.25, 0.3) is 5.91 Å². The molecule has 46 heavy (non-hydrogen) atoms. The molecule has 0 spiro atoms. The van der Waals surface area contributed by atoms with Crippen molar-refractivity contribution in [2.24, 2.45) is 0 Å². The van der Waals surface area contributed by atoms with E-state index in [2.05, 4.69) is 35.0 Å². The standard InChI is InChI=1S/C31H37ClF2N8O4/c1-30(2,3)46-29(44)42-18-23(19-42)41-16-22(17-41)39-10-12-40(13-11-39)27-25(26-8-9-36-38-26)14-20(15-35-27)28(43)37-21-4-6-24(7-5-21)45-31(32,33)34/h4-9,14-15,22-23H,10-13,16-19H2,1-3H3,(H,36,38)(H,37,43). The number of nitrogens with zero attached hydrogens (tertiary/aromatic N) is 6. The lowest BCUT2D eigenvalue weighted by Gasteiger charge is -2.55. The van der Waals surface area contributed by atoms with Crippen molar-refractivity contribution in [3.63, 3.8) is 0 Å². The fourth-order valence-electron chi connectivity index (χ4n) is 5.86. The molecule has 0 atom stereocenters. The molecule has 5 heterocycles. The van der Waals surface area contributed by atoms with Crippen LogP contribution in [0, 0.1) is 0 Å². The van der Waals surface area contributed by atoms with Gasteiger partial charge in [0, 0.05) is 99.7 Å². The molecule has 15 heteroatoms. The third-order valence-corrected chi connectivity index (χ3v) is 8.39. The molecular formula is C31H37ClF2N8O4. The summed E-state index contributed by atoms with van der Waals surface area (Å²) in [7, 11) is 0. The van der Waals surface area contributed by atoms with E-state index in [-0.39, 0.29) is 11.8 Å². The number of halogens is 3. The van der Waals surface area contributed by atoms with E-state index >= 15 is 0 Å². The first-order valence-corrected chi connectivity index (χ1v) is 15.6. The third-order valence-electron chi connectivity index (χ3n) is 8.32. The van der Waals surface area contributed by atoms with Crippen LogP contribution in [-0.4, -0.2) is 117 Å². The largest absolute Gasteiger partial charge is 0.487 e. The zero-order valence-electron chi connectivity index (χ0n) is 25.9. The highest BCUT2D eigenvalue weighted by atomic mass is 35.5. The number of rotatable bonds is 8. The lowest BCUT2D eigenvalue weighted by atomic mass is 9.98. The van der Waals surface area contributed by atoms with E-state index in [1.807, 2.05) is 26.8 Å². The van der Waals surface area contributed by atoms with E-state index in [1.165, 1.54) is 30.5 Å². The SMILES string of the molecule is CC(C)(C)OC(=O)N1CC(N2CC(N3CCN(c4ncc(C(=O)Nc5ccc(OC(F)(F)Cl)cc5)cc4-c4ccn[nH]4)CC3)C2)C1. The molecule has 3 aliphatic heterocycles. The zero-order chi connectivity index (χ0) is 32.6. The highest BCUT2D eigenvalue weighted by Crippen LogP contribution is 2.32. The van der Waals surface area contributed by atoms with Gasteiger partial charge in [0.1, 0.15) is 17.2 Å². The minimum absolute atomic E-state index is 0.134. The maximum Gasteiger partial charge on any atom is 0.487 e. The number of hydrogen-bond acceptors (Lipinski definition) is 9. The summed E-state index contributed by atoms with van der Waals surface area (Å²) >= 11 is 4.82. The highest BCUT2D eigenvalue weighted by molar-refractivity contribution is 6.20. The van der Waals surface area contributed by atoms with E-state index in [9.17, 15) is 18.4 Å². The number of aromatic nitrogens is 3. The molecule has 0 unspecified atom stereocenters. The molecule has 2 amide bonds. The van der Waals surface area contributed by atoms with E-state index < -0.39 is 17.1 Å². The van der Waals surface area contributed by atoms with Crippen LogP contribution in [0.1, 0.15) is 31.1 Å². The summed E-state index contributed by atoms with van der Waals surface area (Å²) in [5, 5.41) is 9.83. The predicted molar refractivity (Wildman–Crippen MR) is 168 cm³/mol. The van der Waals surface area contributed by atoms with Crippen LogP contribution in [0.3, 0.4) is 0 Å². The summed E-state index contributed by atoms with van der Waals surface area (Å²) in [6, 6.07) is 9.94. The molecule has 3 aromatic rings. The molecule has 2 N–H and O–H groups in total. The zero-order valence-corrected chi connectivity index (χ0v) is 26.6. The van der Waals surface area contributed by atoms with Crippen molar-refractivity contribution in [3.05, 3.63) is 54.4 Å². The van der Waals surface area contributed by atoms with Crippen LogP contribution in [0.2, 0.25) is 0 Å². The van der Waals surface area contributed by atoms with Crippen LogP contribution in [0.4, 0.5) is 25.1 Å². The molecule has 3 saturated heterocycles. The van der Waals surface area contributed by atoms with E-state index in [0.717, 1.165) is 56.3 Å². The number of ether oxygens (including phenoxy) is 2. The van der Waals surface area contributed by atoms with Crippen molar-refractivity contribution >= 4 is 35.1 Å². The van der Waals surface area contributed by atoms with Crippen LogP contribution in [-0.2, 0) is 4.74 Å². The average molecular weight is 659 g/mol. The normalized spacial score (nSPS) is 18.6. The maximum absolute atomic E-state index is 13.1. The van der Waals surface area contributed by atoms with Gasteiger partial charge in [0.05, 0.1) is 11.3 Å². The molecule has 0 radical (unpaired) electrons. The van der Waals surface area contributed by atoms with Crippen LogP contribution < -0.4 is 15.0 Å². The fourth-order valence-corrected chi connectivity index (χ4v) is 5.95. The van der Waals surface area contributed by atoms with E-state index in [0.29, 0.717) is 36.4 Å². The minimum atomic E-state index is -3.82. The topological polar surface area (TPSA) is 119 Å². The number of anilines is 2. The summed E-state index contributed by atoms with van der Waals surface area (Å²) in [6.07, 6.45) is 2.94. The second-order valence-electron chi connectivity index (χ2n) is 12.8. The number of benzene rings is 1. The number of carbonyl (C=O) groups excluding carboxylic acids is 2. The molecule has 1 aromatic carbocycles. The monoisotopic (exact) mass is 658 g/mol. The lowest BCUT2D eigenvalue weighted by molar-refractivity contribution is -0.0964. The number of amides is 2. The number of alkyl halides is 3. The fraction of sp³-hybridized carbons (Fsp3) is 0.484. The van der Waals surface area contributed by atoms with Gasteiger partial charge >= 0.3 is 11.7 Å². The molecule has 0 saturated carbocycles. The Kier molecular flexibility index (Phi) is 8.79. The molecule has 246 valence electrons. The Hall–Kier alpha value is -4.01. The van der Waals surface area contributed by atoms with E-state index in [4.69, 9.17) is 21.3 Å². The first-order valence-electron chi connectivity index (χ1n) is 15.2. The Morgan fingerprint density at radius 2 is 1.65 bits per heavy atom. The van der Waals surface area contributed by atoms with E-state index in [1.54, 1.807) is 17.2 Å². The summed E-state index contributed by atoms with van der Waals surface area (Å²) in [5.41, 5.74) is -2.10. The number of H-pyrrole nitrogens is 1. The number of carbonyl (C=O) groups is 2. The van der Waals surface area contributed by atoms with Crippen LogP contribution in [0.15, 0.2) is 48.8 Å². The number of aromatic amines is 1. The molecule has 0 bridgehead atoms. The first-order chi connectivity index (χ1) is 21.8. The first kappa shape index (κ1) is 32.0. The second-order valence-corrected chi connectivity index (χ2v) is 13.2. The van der Waals surface area contributed by atoms with Gasteiger partial charge in [-0.15, -0.1) is 8.78 Å². The third kappa shape index (κ3) is 7.51. The molecule has 3 aliphatic rings. The predicted octanol–water partition coefficient (Wildman–Crippen LogP) is 4.32. The summed E-state index contributed by atoms with van der Waals surface area (Å²) in [5.74, 6) is 0.220. The summed E-state index contributed by atoms with van der Waals surface area (Å²) in [4.78, 5) is 39.0. The smallest absolute Gasteiger partial charge is 0.444 e. The second kappa shape index (κ2) is 12.6. The minimum Gasteiger partial charge on any atom is -0.444 e. The summed E-state index contributed by atoms with van der Waals surface area (Å²) in [6.45, 7) is 12.4. The Labute approximate surface area is 270 Å². The van der Waals surface area contributed by atoms with Crippen LogP contribution in [0.25, 0.3) is 11.3 Å². The van der Waals surface area contributed by atoms with Crippen molar-refractivity contribution in [2.75, 3.05) is 62.6 Å². The molecule has 2 aromatic heterocycles. The lowest BCUT2D eigenvalue weighted by Crippen LogP contribution is -2.71. The molecular weight excluding hydrogens is 622 g/mol. The highest BCUT2D eigenvalue weighted by Gasteiger charge is 2.43. The van der Waals surface area contributed by atoms with Gasteiger partial charge in [0.2, 0.25) is 0 Å². The number of piperazine rings is 1. The van der Waals surface area contributed by atoms with Gasteiger partial charge in [-0.3, -0.25) is 19.7 Å². The summed E-state index contributed by atoms with van der Waals surface area (Å²) < 4.78 is 35.6. The Bertz CT molecular complexity index is 1530. The van der Waals surface area contributed by atoms with Crippen LogP contribution in [0.5, 0.6) is 5.75 Å². The maximum atomic E-state index is 13.1. The van der Waals surface area contributed by atoms with Crippen molar-refractivity contribution in [1.29, 1.82) is 0 Å². The number of pyridine rings is 1. The quantitative estimate of drug-likeness (QED) is 0.341. The van der Waals surface area contributed by atoms with Gasteiger partial charge < -0.3 is 24.6 Å². The van der Waals surface area contributed by atoms with Crippen LogP contribution >= 0.6 is 11.6 Å².